The Morgan fingerprint density at radius 3 is 2.68 bits per heavy atom. The van der Waals surface area contributed by atoms with E-state index in [1.54, 1.807) is 37.4 Å². The Balaban J connectivity index is 2.36. The third-order valence-electron chi connectivity index (χ3n) is 2.62. The van der Waals surface area contributed by atoms with E-state index in [4.69, 9.17) is 15.2 Å². The van der Waals surface area contributed by atoms with Crippen molar-refractivity contribution >= 4 is 15.9 Å². The number of methoxy groups -OCH3 is 1. The molecule has 0 aliphatic heterocycles. The summed E-state index contributed by atoms with van der Waals surface area (Å²) in [5.74, 6) is 0.897. The van der Waals surface area contributed by atoms with Gasteiger partial charge in [0.2, 0.25) is 0 Å². The zero-order valence-corrected chi connectivity index (χ0v) is 11.9. The Labute approximate surface area is 119 Å². The average molecular weight is 326 g/mol. The van der Waals surface area contributed by atoms with Gasteiger partial charge < -0.3 is 15.2 Å². The molecule has 0 spiro atoms. The van der Waals surface area contributed by atoms with E-state index in [9.17, 15) is 4.39 Å². The van der Waals surface area contributed by atoms with E-state index in [-0.39, 0.29) is 12.3 Å². The third-order valence-corrected chi connectivity index (χ3v) is 3.24. The Morgan fingerprint density at radius 1 is 1.26 bits per heavy atom. The zero-order valence-electron chi connectivity index (χ0n) is 10.3. The van der Waals surface area contributed by atoms with Gasteiger partial charge in [0.05, 0.1) is 11.6 Å². The molecule has 0 saturated heterocycles. The third kappa shape index (κ3) is 3.05. The minimum atomic E-state index is -0.439. The van der Waals surface area contributed by atoms with E-state index in [1.807, 2.05) is 0 Å². The lowest BCUT2D eigenvalue weighted by Gasteiger charge is -2.12. The molecular weight excluding hydrogens is 313 g/mol. The van der Waals surface area contributed by atoms with E-state index < -0.39 is 5.82 Å². The Hall–Kier alpha value is -1.59. The molecule has 0 aliphatic carbocycles. The van der Waals surface area contributed by atoms with Crippen LogP contribution in [0.2, 0.25) is 0 Å². The summed E-state index contributed by atoms with van der Waals surface area (Å²) in [7, 11) is 1.58. The molecule has 0 radical (unpaired) electrons. The van der Waals surface area contributed by atoms with Crippen molar-refractivity contribution in [2.75, 3.05) is 7.11 Å². The summed E-state index contributed by atoms with van der Waals surface area (Å²) in [5, 5.41) is 0. The fourth-order valence-corrected chi connectivity index (χ4v) is 2.07. The minimum absolute atomic E-state index is 0.149. The zero-order chi connectivity index (χ0) is 13.8. The van der Waals surface area contributed by atoms with Crippen LogP contribution in [0.15, 0.2) is 40.9 Å². The van der Waals surface area contributed by atoms with Gasteiger partial charge in [0, 0.05) is 12.1 Å². The summed E-state index contributed by atoms with van der Waals surface area (Å²) in [6.45, 7) is 0.209. The first-order valence-electron chi connectivity index (χ1n) is 5.64. The second kappa shape index (κ2) is 6.04. The number of hydrogen-bond acceptors (Lipinski definition) is 3. The summed E-state index contributed by atoms with van der Waals surface area (Å²) in [6, 6.07) is 9.87. The number of nitrogens with two attached hydrogens (primary N) is 1. The highest BCUT2D eigenvalue weighted by Gasteiger charge is 2.12. The molecule has 0 saturated carbocycles. The lowest BCUT2D eigenvalue weighted by molar-refractivity contribution is 0.409. The molecule has 100 valence electrons. The predicted octanol–water partition coefficient (Wildman–Crippen LogP) is 3.85. The van der Waals surface area contributed by atoms with Crippen LogP contribution < -0.4 is 15.2 Å². The predicted molar refractivity (Wildman–Crippen MR) is 75.1 cm³/mol. The van der Waals surface area contributed by atoms with Gasteiger partial charge in [-0.3, -0.25) is 0 Å². The van der Waals surface area contributed by atoms with Gasteiger partial charge in [0.15, 0.2) is 11.6 Å². The van der Waals surface area contributed by atoms with Crippen LogP contribution in [0.3, 0.4) is 0 Å². The van der Waals surface area contributed by atoms with E-state index in [0.29, 0.717) is 21.5 Å². The van der Waals surface area contributed by atoms with Gasteiger partial charge in [-0.25, -0.2) is 4.39 Å². The van der Waals surface area contributed by atoms with Crippen LogP contribution in [0, 0.1) is 5.82 Å². The summed E-state index contributed by atoms with van der Waals surface area (Å²) in [5.41, 5.74) is 6.19. The molecule has 0 aromatic heterocycles. The number of rotatable bonds is 4. The van der Waals surface area contributed by atoms with Crippen molar-refractivity contribution < 1.29 is 13.9 Å². The maximum absolute atomic E-state index is 13.8. The van der Waals surface area contributed by atoms with Crippen LogP contribution in [0.4, 0.5) is 4.39 Å². The van der Waals surface area contributed by atoms with Gasteiger partial charge in [-0.15, -0.1) is 0 Å². The Bertz CT molecular complexity index is 590. The highest BCUT2D eigenvalue weighted by molar-refractivity contribution is 9.10. The van der Waals surface area contributed by atoms with Crippen molar-refractivity contribution in [2.24, 2.45) is 5.73 Å². The largest absolute Gasteiger partial charge is 0.497 e. The first-order chi connectivity index (χ1) is 9.15. The highest BCUT2D eigenvalue weighted by atomic mass is 79.9. The van der Waals surface area contributed by atoms with Crippen molar-refractivity contribution in [3.8, 4) is 17.2 Å². The summed E-state index contributed by atoms with van der Waals surface area (Å²) in [6.07, 6.45) is 0. The van der Waals surface area contributed by atoms with Crippen molar-refractivity contribution in [2.45, 2.75) is 6.54 Å². The number of hydrogen-bond donors (Lipinski definition) is 1. The molecule has 0 atom stereocenters. The van der Waals surface area contributed by atoms with Gasteiger partial charge in [-0.2, -0.15) is 0 Å². The second-order valence-corrected chi connectivity index (χ2v) is 4.68. The highest BCUT2D eigenvalue weighted by Crippen LogP contribution is 2.35. The van der Waals surface area contributed by atoms with Crippen LogP contribution in [0.1, 0.15) is 5.56 Å². The topological polar surface area (TPSA) is 44.5 Å². The van der Waals surface area contributed by atoms with E-state index in [2.05, 4.69) is 15.9 Å². The molecule has 0 unspecified atom stereocenters. The Kier molecular flexibility index (Phi) is 4.39. The fraction of sp³-hybridized carbons (Fsp3) is 0.143. The lowest BCUT2D eigenvalue weighted by atomic mass is 10.2. The average Bonchev–Trinajstić information content (AvgIpc) is 2.42. The van der Waals surface area contributed by atoms with Gasteiger partial charge in [0.25, 0.3) is 0 Å². The molecule has 2 rings (SSSR count). The second-order valence-electron chi connectivity index (χ2n) is 3.83. The first-order valence-corrected chi connectivity index (χ1v) is 6.44. The van der Waals surface area contributed by atoms with Gasteiger partial charge in [0.1, 0.15) is 11.5 Å². The molecule has 0 heterocycles. The van der Waals surface area contributed by atoms with E-state index in [1.165, 1.54) is 6.07 Å². The summed E-state index contributed by atoms with van der Waals surface area (Å²) >= 11 is 3.36. The number of para-hydroxylation sites is 1. The molecule has 3 nitrogen and oxygen atoms in total. The molecule has 0 bridgehead atoms. The first kappa shape index (κ1) is 13.8. The summed E-state index contributed by atoms with van der Waals surface area (Å²) < 4.78 is 25.2. The van der Waals surface area contributed by atoms with Crippen molar-refractivity contribution in [3.63, 3.8) is 0 Å². The van der Waals surface area contributed by atoms with Crippen LogP contribution in [-0.4, -0.2) is 7.11 Å². The van der Waals surface area contributed by atoms with Crippen LogP contribution in [-0.2, 0) is 6.54 Å². The minimum Gasteiger partial charge on any atom is -0.497 e. The van der Waals surface area contributed by atoms with Crippen LogP contribution >= 0.6 is 15.9 Å². The molecule has 2 N–H and O–H groups in total. The van der Waals surface area contributed by atoms with Gasteiger partial charge >= 0.3 is 0 Å². The fourth-order valence-electron chi connectivity index (χ4n) is 1.63. The Morgan fingerprint density at radius 2 is 2.05 bits per heavy atom. The standard InChI is InChI=1S/C14H13BrFNO2/c1-18-10-5-6-13(11(15)7-10)19-14-9(8-17)3-2-4-12(14)16/h2-7H,8,17H2,1H3. The maximum Gasteiger partial charge on any atom is 0.167 e. The van der Waals surface area contributed by atoms with Crippen LogP contribution in [0.5, 0.6) is 17.2 Å². The smallest absolute Gasteiger partial charge is 0.167 e. The molecule has 0 aliphatic rings. The van der Waals surface area contributed by atoms with E-state index in [0.717, 1.165) is 0 Å². The normalized spacial score (nSPS) is 10.3. The number of ether oxygens (including phenoxy) is 2. The molecule has 19 heavy (non-hydrogen) atoms. The molecular formula is C14H13BrFNO2. The summed E-state index contributed by atoms with van der Waals surface area (Å²) in [4.78, 5) is 0. The van der Waals surface area contributed by atoms with Crippen LogP contribution in [0.25, 0.3) is 0 Å². The molecule has 0 fully saturated rings. The quantitative estimate of drug-likeness (QED) is 0.928. The molecule has 5 heteroatoms. The monoisotopic (exact) mass is 325 g/mol. The van der Waals surface area contributed by atoms with Crippen molar-refractivity contribution in [3.05, 3.63) is 52.3 Å². The molecule has 2 aromatic rings. The number of benzene rings is 2. The van der Waals surface area contributed by atoms with Gasteiger partial charge in [-0.05, 0) is 40.2 Å². The maximum atomic E-state index is 13.8. The lowest BCUT2D eigenvalue weighted by Crippen LogP contribution is -2.01. The molecule has 0 amide bonds. The van der Waals surface area contributed by atoms with Crippen molar-refractivity contribution in [1.29, 1.82) is 0 Å². The van der Waals surface area contributed by atoms with Crippen molar-refractivity contribution in [1.82, 2.24) is 0 Å². The molecule has 2 aromatic carbocycles. The number of halogens is 2. The van der Waals surface area contributed by atoms with Gasteiger partial charge in [-0.1, -0.05) is 12.1 Å². The van der Waals surface area contributed by atoms with E-state index >= 15 is 0 Å². The SMILES string of the molecule is COc1ccc(Oc2c(F)cccc2CN)c(Br)c1.